The van der Waals surface area contributed by atoms with Crippen LogP contribution in [0.1, 0.15) is 55.0 Å². The number of anilines is 1. The molecule has 3 aromatic carbocycles. The summed E-state index contributed by atoms with van der Waals surface area (Å²) in [7, 11) is 0. The van der Waals surface area contributed by atoms with Crippen molar-refractivity contribution in [2.24, 2.45) is 4.99 Å². The molecule has 0 aliphatic carbocycles. The number of hydrogen-bond acceptors (Lipinski definition) is 3. The number of phenolic OH excluding ortho intramolecular Hbond substituents is 1. The van der Waals surface area contributed by atoms with Gasteiger partial charge in [0.1, 0.15) is 5.75 Å². The predicted octanol–water partition coefficient (Wildman–Crippen LogP) is 6.22. The lowest BCUT2D eigenvalue weighted by Crippen LogP contribution is -2.00. The van der Waals surface area contributed by atoms with E-state index in [0.717, 1.165) is 48.3 Å². The van der Waals surface area contributed by atoms with Gasteiger partial charge >= 0.3 is 0 Å². The number of aryl methyl sites for hydroxylation is 2. The molecule has 0 amide bonds. The number of aliphatic imine (C=N–C) groups is 1. The Morgan fingerprint density at radius 3 is 2.17 bits per heavy atom. The topological polar surface area (TPSA) is 58.6 Å². The van der Waals surface area contributed by atoms with Crippen LogP contribution in [0.4, 0.5) is 11.4 Å². The summed E-state index contributed by atoms with van der Waals surface area (Å²) >= 11 is 0. The smallest absolute Gasteiger partial charge is 0.124 e. The molecule has 0 fully saturated rings. The Bertz CT molecular complexity index is 1020. The quantitative estimate of drug-likeness (QED) is 0.374. The third-order valence-corrected chi connectivity index (χ3v) is 5.33. The molecule has 0 saturated carbocycles. The van der Waals surface area contributed by atoms with Crippen molar-refractivity contribution in [1.82, 2.24) is 0 Å². The van der Waals surface area contributed by atoms with Gasteiger partial charge in [0.2, 0.25) is 0 Å². The third kappa shape index (κ3) is 4.86. The maximum atomic E-state index is 10.2. The van der Waals surface area contributed by atoms with E-state index < -0.39 is 0 Å². The molecule has 3 aromatic rings. The fourth-order valence-corrected chi connectivity index (χ4v) is 3.64. The molecule has 3 rings (SSSR count). The van der Waals surface area contributed by atoms with Crippen molar-refractivity contribution in [2.75, 3.05) is 5.73 Å². The normalized spacial score (nSPS) is 11.6. The summed E-state index contributed by atoms with van der Waals surface area (Å²) in [6.45, 7) is 6.35. The number of rotatable bonds is 7. The fraction of sp³-hybridized carbons (Fsp3) is 0.269. The number of benzene rings is 3. The minimum atomic E-state index is 0.276. The molecule has 0 radical (unpaired) electrons. The van der Waals surface area contributed by atoms with Crippen LogP contribution in [0.5, 0.6) is 5.75 Å². The summed E-state index contributed by atoms with van der Waals surface area (Å²) in [4.78, 5) is 4.91. The Morgan fingerprint density at radius 1 is 0.862 bits per heavy atom. The molecule has 0 spiro atoms. The van der Waals surface area contributed by atoms with Crippen LogP contribution < -0.4 is 5.73 Å². The average molecular weight is 387 g/mol. The van der Waals surface area contributed by atoms with Crippen molar-refractivity contribution >= 4 is 17.1 Å². The van der Waals surface area contributed by atoms with E-state index >= 15 is 0 Å². The molecule has 0 aliphatic rings. The molecule has 0 aromatic heterocycles. The average Bonchev–Trinajstić information content (AvgIpc) is 2.74. The fourth-order valence-electron chi connectivity index (χ4n) is 3.64. The van der Waals surface area contributed by atoms with E-state index in [4.69, 9.17) is 10.7 Å². The summed E-state index contributed by atoms with van der Waals surface area (Å²) in [6, 6.07) is 20.2. The maximum absolute atomic E-state index is 10.2. The molecular weight excluding hydrogens is 356 g/mol. The number of phenols is 1. The first kappa shape index (κ1) is 20.7. The zero-order valence-corrected chi connectivity index (χ0v) is 17.6. The first-order valence-electron chi connectivity index (χ1n) is 10.4. The van der Waals surface area contributed by atoms with Crippen LogP contribution in [0.15, 0.2) is 65.7 Å². The van der Waals surface area contributed by atoms with E-state index in [0.29, 0.717) is 0 Å². The molecule has 150 valence electrons. The van der Waals surface area contributed by atoms with Crippen molar-refractivity contribution in [3.05, 3.63) is 88.5 Å². The Morgan fingerprint density at radius 2 is 1.52 bits per heavy atom. The Labute approximate surface area is 173 Å². The largest absolute Gasteiger partial charge is 0.507 e. The molecule has 0 saturated heterocycles. The first-order chi connectivity index (χ1) is 14.0. The Kier molecular flexibility index (Phi) is 6.71. The van der Waals surface area contributed by atoms with Gasteiger partial charge in [-0.05, 0) is 72.2 Å². The standard InChI is InChI=1S/C26H30N2O/c1-4-20-16-18(11-13-23(20)27)15-19-12-14-25(21(5-2)17-19)28-24(6-3)22-9-7-8-10-26(22)29/h7-14,16-17,29H,4-6,15,27H2,1-3H3/b28-24+. The highest BCUT2D eigenvalue weighted by atomic mass is 16.3. The zero-order valence-electron chi connectivity index (χ0n) is 17.6. The summed E-state index contributed by atoms with van der Waals surface area (Å²) in [6.07, 6.45) is 3.49. The van der Waals surface area contributed by atoms with E-state index in [2.05, 4.69) is 51.1 Å². The van der Waals surface area contributed by atoms with E-state index in [1.807, 2.05) is 24.3 Å². The van der Waals surface area contributed by atoms with Crippen LogP contribution in [-0.2, 0) is 19.3 Å². The van der Waals surface area contributed by atoms with Crippen molar-refractivity contribution < 1.29 is 5.11 Å². The second-order valence-electron chi connectivity index (χ2n) is 7.31. The van der Waals surface area contributed by atoms with Crippen molar-refractivity contribution in [3.8, 4) is 5.75 Å². The van der Waals surface area contributed by atoms with Gasteiger partial charge in [0.15, 0.2) is 0 Å². The monoisotopic (exact) mass is 386 g/mol. The minimum absolute atomic E-state index is 0.276. The number of para-hydroxylation sites is 1. The van der Waals surface area contributed by atoms with E-state index in [9.17, 15) is 5.11 Å². The van der Waals surface area contributed by atoms with Crippen LogP contribution in [0.2, 0.25) is 0 Å². The van der Waals surface area contributed by atoms with E-state index in [1.54, 1.807) is 6.07 Å². The lowest BCUT2D eigenvalue weighted by molar-refractivity contribution is 0.474. The van der Waals surface area contributed by atoms with Gasteiger partial charge < -0.3 is 10.8 Å². The highest BCUT2D eigenvalue weighted by Crippen LogP contribution is 2.27. The summed E-state index contributed by atoms with van der Waals surface area (Å²) in [5, 5.41) is 10.2. The van der Waals surface area contributed by atoms with Crippen molar-refractivity contribution in [2.45, 2.75) is 46.5 Å². The highest BCUT2D eigenvalue weighted by molar-refractivity contribution is 6.04. The number of hydrogen-bond donors (Lipinski definition) is 2. The molecule has 3 heteroatoms. The number of nitrogens with two attached hydrogens (primary N) is 1. The highest BCUT2D eigenvalue weighted by Gasteiger charge is 2.09. The van der Waals surface area contributed by atoms with Gasteiger partial charge in [-0.25, -0.2) is 0 Å². The molecule has 29 heavy (non-hydrogen) atoms. The summed E-state index contributed by atoms with van der Waals surface area (Å²) in [5.41, 5.74) is 14.6. The van der Waals surface area contributed by atoms with Crippen LogP contribution in [0.3, 0.4) is 0 Å². The third-order valence-electron chi connectivity index (χ3n) is 5.33. The Balaban J connectivity index is 1.92. The van der Waals surface area contributed by atoms with Crippen molar-refractivity contribution in [3.63, 3.8) is 0 Å². The second kappa shape index (κ2) is 9.42. The zero-order chi connectivity index (χ0) is 20.8. The lowest BCUT2D eigenvalue weighted by Gasteiger charge is -2.12. The van der Waals surface area contributed by atoms with Gasteiger partial charge in [0.25, 0.3) is 0 Å². The minimum Gasteiger partial charge on any atom is -0.507 e. The SMILES string of the molecule is CC/C(=N\c1ccc(Cc2ccc(N)c(CC)c2)cc1CC)c1ccccc1O. The lowest BCUT2D eigenvalue weighted by atomic mass is 9.98. The van der Waals surface area contributed by atoms with Crippen molar-refractivity contribution in [1.29, 1.82) is 0 Å². The molecule has 0 bridgehead atoms. The van der Waals surface area contributed by atoms with Crippen LogP contribution in [0.25, 0.3) is 0 Å². The summed E-state index contributed by atoms with van der Waals surface area (Å²) < 4.78 is 0. The first-order valence-corrected chi connectivity index (χ1v) is 10.4. The maximum Gasteiger partial charge on any atom is 0.124 e. The molecule has 3 nitrogen and oxygen atoms in total. The van der Waals surface area contributed by atoms with Gasteiger partial charge in [-0.15, -0.1) is 0 Å². The van der Waals surface area contributed by atoms with Gasteiger partial charge in [-0.2, -0.15) is 0 Å². The van der Waals surface area contributed by atoms with Gasteiger partial charge in [0.05, 0.1) is 11.4 Å². The molecular formula is C26H30N2O. The van der Waals surface area contributed by atoms with Gasteiger partial charge in [-0.1, -0.05) is 57.2 Å². The number of nitrogen functional groups attached to an aromatic ring is 1. The van der Waals surface area contributed by atoms with Crippen LogP contribution in [-0.4, -0.2) is 10.8 Å². The van der Waals surface area contributed by atoms with E-state index in [-0.39, 0.29) is 5.75 Å². The molecule has 0 atom stereocenters. The Hall–Kier alpha value is -3.07. The summed E-state index contributed by atoms with van der Waals surface area (Å²) in [5.74, 6) is 0.276. The van der Waals surface area contributed by atoms with E-state index in [1.165, 1.54) is 22.3 Å². The van der Waals surface area contributed by atoms with Gasteiger partial charge in [-0.3, -0.25) is 4.99 Å². The molecule has 3 N–H and O–H groups in total. The number of nitrogens with zero attached hydrogens (tertiary/aromatic N) is 1. The van der Waals surface area contributed by atoms with Crippen LogP contribution in [0, 0.1) is 0 Å². The molecule has 0 aliphatic heterocycles. The molecule has 0 heterocycles. The van der Waals surface area contributed by atoms with Gasteiger partial charge in [0, 0.05) is 11.3 Å². The predicted molar refractivity (Wildman–Crippen MR) is 123 cm³/mol. The number of aromatic hydroxyl groups is 1. The second-order valence-corrected chi connectivity index (χ2v) is 7.31. The van der Waals surface area contributed by atoms with Crippen LogP contribution >= 0.6 is 0 Å². The molecule has 0 unspecified atom stereocenters.